The molecular formula is C15H19N3O3S. The highest BCUT2D eigenvalue weighted by atomic mass is 32.1. The van der Waals surface area contributed by atoms with E-state index in [-0.39, 0.29) is 5.91 Å². The lowest BCUT2D eigenvalue weighted by molar-refractivity contribution is 0.0307. The van der Waals surface area contributed by atoms with Crippen molar-refractivity contribution in [3.05, 3.63) is 22.6 Å². The maximum absolute atomic E-state index is 12.7. The van der Waals surface area contributed by atoms with Crippen molar-refractivity contribution in [2.24, 2.45) is 0 Å². The van der Waals surface area contributed by atoms with Gasteiger partial charge in [0.1, 0.15) is 4.88 Å². The molecule has 2 heterocycles. The molecule has 22 heavy (non-hydrogen) atoms. The number of nitrogens with zero attached hydrogens (tertiary/aromatic N) is 1. The number of benzene rings is 1. The molecule has 0 aliphatic carbocycles. The van der Waals surface area contributed by atoms with Crippen LogP contribution in [0.3, 0.4) is 0 Å². The van der Waals surface area contributed by atoms with E-state index in [1.807, 2.05) is 12.1 Å². The summed E-state index contributed by atoms with van der Waals surface area (Å²) in [6, 6.07) is 3.70. The highest BCUT2D eigenvalue weighted by Gasteiger charge is 2.24. The van der Waals surface area contributed by atoms with Gasteiger partial charge in [0.15, 0.2) is 0 Å². The summed E-state index contributed by atoms with van der Waals surface area (Å²) in [6.45, 7) is 2.74. The number of rotatable bonds is 3. The van der Waals surface area contributed by atoms with Crippen LogP contribution in [0.25, 0.3) is 10.1 Å². The van der Waals surface area contributed by atoms with Gasteiger partial charge < -0.3 is 25.8 Å². The van der Waals surface area contributed by atoms with Crippen LogP contribution in [0.1, 0.15) is 15.2 Å². The van der Waals surface area contributed by atoms with Crippen LogP contribution < -0.4 is 11.5 Å². The number of nitrogen functional groups attached to an aromatic ring is 2. The van der Waals surface area contributed by atoms with E-state index in [0.29, 0.717) is 49.2 Å². The van der Waals surface area contributed by atoms with Crippen molar-refractivity contribution in [2.75, 3.05) is 44.9 Å². The summed E-state index contributed by atoms with van der Waals surface area (Å²) in [7, 11) is 1.62. The third-order valence-corrected chi connectivity index (χ3v) is 4.87. The molecule has 1 aliphatic rings. The van der Waals surface area contributed by atoms with Gasteiger partial charge >= 0.3 is 0 Å². The van der Waals surface area contributed by atoms with Gasteiger partial charge in [0.05, 0.1) is 25.5 Å². The minimum Gasteiger partial charge on any atom is -0.399 e. The van der Waals surface area contributed by atoms with Crippen molar-refractivity contribution in [2.45, 2.75) is 6.61 Å². The van der Waals surface area contributed by atoms with Crippen LogP contribution in [0.5, 0.6) is 0 Å². The summed E-state index contributed by atoms with van der Waals surface area (Å²) < 4.78 is 11.4. The third-order valence-electron chi connectivity index (χ3n) is 3.72. The van der Waals surface area contributed by atoms with Gasteiger partial charge in [0.25, 0.3) is 5.91 Å². The summed E-state index contributed by atoms with van der Waals surface area (Å²) in [6.07, 6.45) is 0. The first-order chi connectivity index (χ1) is 10.6. The number of anilines is 2. The Bertz CT molecular complexity index is 708. The zero-order valence-corrected chi connectivity index (χ0v) is 13.2. The second-order valence-corrected chi connectivity index (χ2v) is 6.29. The number of morpholine rings is 1. The number of nitrogens with two attached hydrogens (primary N) is 2. The number of carbonyl (C=O) groups is 1. The van der Waals surface area contributed by atoms with Gasteiger partial charge in [-0.25, -0.2) is 0 Å². The van der Waals surface area contributed by atoms with Gasteiger partial charge in [-0.1, -0.05) is 0 Å². The number of carbonyl (C=O) groups excluding carboxylic acids is 1. The lowest BCUT2D eigenvalue weighted by atomic mass is 10.1. The lowest BCUT2D eigenvalue weighted by Gasteiger charge is -2.26. The van der Waals surface area contributed by atoms with Gasteiger partial charge in [-0.05, 0) is 17.7 Å². The first kappa shape index (κ1) is 15.1. The van der Waals surface area contributed by atoms with Gasteiger partial charge in [-0.2, -0.15) is 0 Å². The Morgan fingerprint density at radius 1 is 1.36 bits per heavy atom. The number of methoxy groups -OCH3 is 1. The van der Waals surface area contributed by atoms with Crippen LogP contribution in [0, 0.1) is 0 Å². The molecule has 6 nitrogen and oxygen atoms in total. The van der Waals surface area contributed by atoms with Crippen molar-refractivity contribution >= 4 is 38.7 Å². The van der Waals surface area contributed by atoms with Crippen LogP contribution >= 0.6 is 11.3 Å². The molecule has 1 amide bonds. The molecule has 4 N–H and O–H groups in total. The number of hydrogen-bond donors (Lipinski definition) is 2. The summed E-state index contributed by atoms with van der Waals surface area (Å²) >= 11 is 1.39. The number of amides is 1. The van der Waals surface area contributed by atoms with E-state index in [4.69, 9.17) is 20.9 Å². The van der Waals surface area contributed by atoms with Crippen LogP contribution in [0.15, 0.2) is 12.1 Å². The van der Waals surface area contributed by atoms with Crippen molar-refractivity contribution in [1.29, 1.82) is 0 Å². The minimum atomic E-state index is -0.0380. The van der Waals surface area contributed by atoms with Crippen molar-refractivity contribution in [3.8, 4) is 0 Å². The monoisotopic (exact) mass is 321 g/mol. The second kappa shape index (κ2) is 6.12. The molecule has 1 aromatic carbocycles. The minimum absolute atomic E-state index is 0.0380. The SMILES string of the molecule is COCc1cc(N)cc2sc(C(=O)N3CCOCC3)c(N)c12. The predicted octanol–water partition coefficient (Wildman–Crippen LogP) is 1.68. The summed E-state index contributed by atoms with van der Waals surface area (Å²) in [4.78, 5) is 15.0. The van der Waals surface area contributed by atoms with Crippen molar-refractivity contribution in [1.82, 2.24) is 4.90 Å². The van der Waals surface area contributed by atoms with E-state index < -0.39 is 0 Å². The largest absolute Gasteiger partial charge is 0.399 e. The number of hydrogen-bond acceptors (Lipinski definition) is 6. The van der Waals surface area contributed by atoms with Crippen LogP contribution in [0.2, 0.25) is 0 Å². The molecule has 118 valence electrons. The molecule has 1 aliphatic heterocycles. The molecule has 0 bridgehead atoms. The topological polar surface area (TPSA) is 90.8 Å². The zero-order valence-electron chi connectivity index (χ0n) is 12.4. The van der Waals surface area contributed by atoms with Crippen LogP contribution in [-0.2, 0) is 16.1 Å². The molecule has 0 atom stereocenters. The number of fused-ring (bicyclic) bond motifs is 1. The Hall–Kier alpha value is -1.83. The van der Waals surface area contributed by atoms with E-state index in [1.54, 1.807) is 12.0 Å². The van der Waals surface area contributed by atoms with E-state index in [0.717, 1.165) is 15.6 Å². The standard InChI is InChI=1S/C15H19N3O3S/c1-20-8-9-6-10(16)7-11-12(9)13(17)14(22-11)15(19)18-2-4-21-5-3-18/h6-7H,2-5,8,16-17H2,1H3. The summed E-state index contributed by atoms with van der Waals surface area (Å²) in [5.41, 5.74) is 14.3. The summed E-state index contributed by atoms with van der Waals surface area (Å²) in [5.74, 6) is -0.0380. The predicted molar refractivity (Wildman–Crippen MR) is 88.1 cm³/mol. The van der Waals surface area contributed by atoms with Gasteiger partial charge in [0.2, 0.25) is 0 Å². The smallest absolute Gasteiger partial charge is 0.266 e. The van der Waals surface area contributed by atoms with Crippen LogP contribution in [0.4, 0.5) is 11.4 Å². The Balaban J connectivity index is 2.05. The van der Waals surface area contributed by atoms with Crippen LogP contribution in [-0.4, -0.2) is 44.2 Å². The van der Waals surface area contributed by atoms with Crippen molar-refractivity contribution < 1.29 is 14.3 Å². The second-order valence-electron chi connectivity index (χ2n) is 5.24. The van der Waals surface area contributed by atoms with Gasteiger partial charge in [-0.3, -0.25) is 4.79 Å². The zero-order chi connectivity index (χ0) is 15.7. The van der Waals surface area contributed by atoms with Gasteiger partial charge in [-0.15, -0.1) is 11.3 Å². The summed E-state index contributed by atoms with van der Waals surface area (Å²) in [5, 5.41) is 0.873. The van der Waals surface area contributed by atoms with Gasteiger partial charge in [0, 0.05) is 36.0 Å². The number of ether oxygens (including phenoxy) is 2. The lowest BCUT2D eigenvalue weighted by Crippen LogP contribution is -2.40. The Labute approximate surface area is 132 Å². The molecular weight excluding hydrogens is 302 g/mol. The average molecular weight is 321 g/mol. The molecule has 1 fully saturated rings. The fourth-order valence-corrected chi connectivity index (χ4v) is 3.89. The highest BCUT2D eigenvalue weighted by molar-refractivity contribution is 7.21. The Morgan fingerprint density at radius 2 is 2.09 bits per heavy atom. The van der Waals surface area contributed by atoms with E-state index in [9.17, 15) is 4.79 Å². The normalized spacial score (nSPS) is 15.4. The Morgan fingerprint density at radius 3 is 2.77 bits per heavy atom. The first-order valence-corrected chi connectivity index (χ1v) is 7.89. The quantitative estimate of drug-likeness (QED) is 0.839. The molecule has 3 rings (SSSR count). The Kier molecular flexibility index (Phi) is 4.19. The molecule has 1 saturated heterocycles. The first-order valence-electron chi connectivity index (χ1n) is 7.08. The highest BCUT2D eigenvalue weighted by Crippen LogP contribution is 2.38. The molecule has 0 spiro atoms. The van der Waals surface area contributed by atoms with E-state index >= 15 is 0 Å². The average Bonchev–Trinajstić information content (AvgIpc) is 2.84. The number of thiophene rings is 1. The molecule has 0 unspecified atom stereocenters. The molecule has 0 radical (unpaired) electrons. The molecule has 0 saturated carbocycles. The molecule has 2 aromatic rings. The maximum atomic E-state index is 12.7. The third kappa shape index (κ3) is 2.63. The van der Waals surface area contributed by atoms with E-state index in [1.165, 1.54) is 11.3 Å². The molecule has 1 aromatic heterocycles. The van der Waals surface area contributed by atoms with E-state index in [2.05, 4.69) is 0 Å². The van der Waals surface area contributed by atoms with Crippen molar-refractivity contribution in [3.63, 3.8) is 0 Å². The fraction of sp³-hybridized carbons (Fsp3) is 0.400. The maximum Gasteiger partial charge on any atom is 0.266 e. The fourth-order valence-electron chi connectivity index (χ4n) is 2.70. The molecule has 7 heteroatoms.